The number of nitrogens with zero attached hydrogens (tertiary/aromatic N) is 1. The van der Waals surface area contributed by atoms with Crippen LogP contribution in [0.2, 0.25) is 0 Å². The number of benzene rings is 2. The number of unbranched alkanes of at least 4 members (excludes halogenated alkanes) is 6. The number of likely N-dealkylation sites (N-methyl/N-ethyl adjacent to an activating group) is 1. The molecule has 0 heterocycles. The van der Waals surface area contributed by atoms with Gasteiger partial charge in [0, 0.05) is 26.7 Å². The van der Waals surface area contributed by atoms with Crippen molar-refractivity contribution < 1.29 is 90.5 Å². The van der Waals surface area contributed by atoms with E-state index in [1.165, 1.54) is 38.5 Å². The van der Waals surface area contributed by atoms with Crippen LogP contribution in [0.15, 0.2) is 24.3 Å². The minimum Gasteiger partial charge on any atom is -0.480 e. The lowest BCUT2D eigenvalue weighted by molar-refractivity contribution is -0.151. The van der Waals surface area contributed by atoms with E-state index in [0.717, 1.165) is 90.4 Å². The summed E-state index contributed by atoms with van der Waals surface area (Å²) >= 11 is 0. The smallest absolute Gasteiger partial charge is 0.344 e. The number of hydrogen-bond acceptors (Lipinski definition) is 22. The van der Waals surface area contributed by atoms with Gasteiger partial charge in [0.25, 0.3) is 17.7 Å². The second-order valence-electron chi connectivity index (χ2n) is 19.6. The van der Waals surface area contributed by atoms with Crippen molar-refractivity contribution in [3.8, 4) is 34.5 Å². The fourth-order valence-corrected chi connectivity index (χ4v) is 7.15. The van der Waals surface area contributed by atoms with Crippen molar-refractivity contribution in [3.63, 3.8) is 0 Å². The molecule has 0 spiro atoms. The zero-order valence-corrected chi connectivity index (χ0v) is 51.0. The molecule has 0 fully saturated rings. The van der Waals surface area contributed by atoms with Crippen molar-refractivity contribution in [3.05, 3.63) is 35.4 Å². The first-order valence-corrected chi connectivity index (χ1v) is 28.3. The van der Waals surface area contributed by atoms with E-state index in [1.54, 1.807) is 53.5 Å². The normalized spacial score (nSPS) is 10.6. The Hall–Kier alpha value is -7.12. The summed E-state index contributed by atoms with van der Waals surface area (Å²) in [6.45, 7) is 14.6. The Bertz CT molecular complexity index is 2220. The van der Waals surface area contributed by atoms with E-state index >= 15 is 0 Å². The SMILES string of the molecule is C.CCCNCCCN(C)C(=O)COc1cc(C(=O)OC)cc(OCC(=O)NCCCCCCNC)c1OCC(=O)NCCCCCCNC.COC(=O)c1cc(OCC(=O)OC(C)C)c(OCC(=O)OC(C)C)c(OCC(=O)OC(C)C)c1. The molecule has 0 radical (unpaired) electrons. The van der Waals surface area contributed by atoms with E-state index in [0.29, 0.717) is 19.6 Å². The van der Waals surface area contributed by atoms with Crippen LogP contribution in [-0.4, -0.2) is 192 Å². The summed E-state index contributed by atoms with van der Waals surface area (Å²) in [7, 11) is 7.94. The van der Waals surface area contributed by atoms with E-state index < -0.39 is 49.7 Å². The Morgan fingerprint density at radius 3 is 1.17 bits per heavy atom. The Kier molecular flexibility index (Phi) is 42.4. The summed E-state index contributed by atoms with van der Waals surface area (Å²) in [6.07, 6.45) is 8.62. The van der Waals surface area contributed by atoms with Gasteiger partial charge in [-0.05, 0) is 145 Å². The average Bonchev–Trinajstić information content (AvgIpc) is 3.46. The summed E-state index contributed by atoms with van der Waals surface area (Å²) in [6, 6.07) is 5.23. The molecule has 478 valence electrons. The maximum Gasteiger partial charge on any atom is 0.344 e. The number of carbonyl (C=O) groups excluding carboxylic acids is 8. The lowest BCUT2D eigenvalue weighted by atomic mass is 10.2. The fraction of sp³-hybridized carbons (Fsp3) is 0.661. The van der Waals surface area contributed by atoms with E-state index in [1.807, 2.05) is 14.1 Å². The number of ether oxygens (including phenoxy) is 11. The van der Waals surface area contributed by atoms with Crippen molar-refractivity contribution in [1.29, 1.82) is 0 Å². The number of esters is 5. The number of hydrogen-bond donors (Lipinski definition) is 5. The molecule has 0 unspecified atom stereocenters. The van der Waals surface area contributed by atoms with E-state index in [2.05, 4.69) is 33.5 Å². The molecule has 84 heavy (non-hydrogen) atoms. The monoisotopic (exact) mass is 1190 g/mol. The second-order valence-corrected chi connectivity index (χ2v) is 19.6. The molecule has 2 aromatic carbocycles. The van der Waals surface area contributed by atoms with Crippen LogP contribution in [0.25, 0.3) is 0 Å². The zero-order valence-electron chi connectivity index (χ0n) is 51.0. The highest BCUT2D eigenvalue weighted by atomic mass is 16.6. The molecule has 0 saturated heterocycles. The van der Waals surface area contributed by atoms with Crippen LogP contribution in [0.5, 0.6) is 34.5 Å². The van der Waals surface area contributed by atoms with Crippen molar-refractivity contribution >= 4 is 47.6 Å². The van der Waals surface area contributed by atoms with Gasteiger partial charge in [-0.2, -0.15) is 0 Å². The number of carbonyl (C=O) groups is 8. The van der Waals surface area contributed by atoms with Gasteiger partial charge in [-0.25, -0.2) is 24.0 Å². The van der Waals surface area contributed by atoms with Gasteiger partial charge in [-0.1, -0.05) is 40.0 Å². The van der Waals surface area contributed by atoms with Crippen LogP contribution in [-0.2, 0) is 52.5 Å². The van der Waals surface area contributed by atoms with E-state index in [4.69, 9.17) is 52.1 Å². The Labute approximate surface area is 497 Å². The Morgan fingerprint density at radius 2 is 0.798 bits per heavy atom. The summed E-state index contributed by atoms with van der Waals surface area (Å²) in [5, 5.41) is 15.2. The van der Waals surface area contributed by atoms with Crippen molar-refractivity contribution in [2.75, 3.05) is 121 Å². The number of amides is 3. The topological polar surface area (TPSA) is 301 Å². The van der Waals surface area contributed by atoms with Crippen molar-refractivity contribution in [2.24, 2.45) is 0 Å². The first-order valence-electron chi connectivity index (χ1n) is 28.3. The van der Waals surface area contributed by atoms with Crippen LogP contribution < -0.4 is 55.0 Å². The van der Waals surface area contributed by atoms with Crippen LogP contribution in [0.1, 0.15) is 141 Å². The highest BCUT2D eigenvalue weighted by Gasteiger charge is 2.25. The third-order valence-corrected chi connectivity index (χ3v) is 11.1. The number of nitrogens with one attached hydrogen (secondary N) is 5. The summed E-state index contributed by atoms with van der Waals surface area (Å²) in [4.78, 5) is 100. The van der Waals surface area contributed by atoms with Crippen LogP contribution in [0.4, 0.5) is 0 Å². The van der Waals surface area contributed by atoms with Crippen molar-refractivity contribution in [2.45, 2.75) is 138 Å². The maximum absolute atomic E-state index is 12.9. The van der Waals surface area contributed by atoms with Crippen LogP contribution in [0.3, 0.4) is 0 Å². The lowest BCUT2D eigenvalue weighted by Crippen LogP contribution is -2.34. The standard InChI is InChI=1S/C35H62N6O8.C23H32O11.CH4/c1-6-16-38-19-15-22-41(4)33(44)27-48-30-24-28(35(45)46-5)23-29(47-25-31(42)39-20-13-9-7-11-17-36-2)34(30)49-26-32(43)40-21-14-10-8-12-18-37-3;1-13(2)32-19(24)10-29-17-8-16(23(27)28-7)9-18(30-11-20(25)33-14(3)4)22(17)31-12-21(26)34-15(5)6;/h23-24,36-38H,6-22,25-27H2,1-5H3,(H,39,42)(H,40,43);8-9,13-15H,10-12H2,1-7H3;1H4. The predicted molar refractivity (Wildman–Crippen MR) is 315 cm³/mol. The summed E-state index contributed by atoms with van der Waals surface area (Å²) in [5.74, 6) is -4.83. The highest BCUT2D eigenvalue weighted by molar-refractivity contribution is 5.92. The fourth-order valence-electron chi connectivity index (χ4n) is 7.15. The maximum atomic E-state index is 12.9. The molecule has 25 nitrogen and oxygen atoms in total. The van der Waals surface area contributed by atoms with E-state index in [9.17, 15) is 38.4 Å². The van der Waals surface area contributed by atoms with Gasteiger partial charge in [0.15, 0.2) is 62.6 Å². The molecular formula is C59H98N6O19. The molecule has 2 rings (SSSR count). The Morgan fingerprint density at radius 1 is 0.452 bits per heavy atom. The summed E-state index contributed by atoms with van der Waals surface area (Å²) in [5.41, 5.74) is 0.0476. The molecule has 0 bridgehead atoms. The second kappa shape index (κ2) is 46.3. The Balaban J connectivity index is 0.00000173. The first-order chi connectivity index (χ1) is 39.7. The van der Waals surface area contributed by atoms with Crippen LogP contribution >= 0.6 is 0 Å². The molecule has 0 aliphatic carbocycles. The molecule has 0 atom stereocenters. The van der Waals surface area contributed by atoms with Gasteiger partial charge in [0.2, 0.25) is 11.5 Å². The predicted octanol–water partition coefficient (Wildman–Crippen LogP) is 5.35. The number of rotatable bonds is 43. The molecule has 0 saturated carbocycles. The highest BCUT2D eigenvalue weighted by Crippen LogP contribution is 2.41. The quantitative estimate of drug-likeness (QED) is 0.0317. The molecule has 0 aliphatic rings. The minimum absolute atomic E-state index is 0. The molecule has 25 heteroatoms. The van der Waals surface area contributed by atoms with Gasteiger partial charge in [-0.3, -0.25) is 14.4 Å². The first kappa shape index (κ1) is 76.9. The molecule has 0 aliphatic heterocycles. The van der Waals surface area contributed by atoms with Gasteiger partial charge >= 0.3 is 29.8 Å². The van der Waals surface area contributed by atoms with E-state index in [-0.39, 0.29) is 109 Å². The molecule has 2 aromatic rings. The molecule has 3 amide bonds. The molecule has 0 aromatic heterocycles. The van der Waals surface area contributed by atoms with Gasteiger partial charge in [-0.15, -0.1) is 0 Å². The molecule has 5 N–H and O–H groups in total. The zero-order chi connectivity index (χ0) is 62.0. The molecular weight excluding hydrogens is 1100 g/mol. The minimum atomic E-state index is -0.741. The van der Waals surface area contributed by atoms with Gasteiger partial charge in [0.1, 0.15) is 0 Å². The van der Waals surface area contributed by atoms with Crippen molar-refractivity contribution in [1.82, 2.24) is 31.5 Å². The van der Waals surface area contributed by atoms with Gasteiger partial charge < -0.3 is 83.6 Å². The average molecular weight is 1200 g/mol. The third-order valence-electron chi connectivity index (χ3n) is 11.1. The van der Waals surface area contributed by atoms with Gasteiger partial charge in [0.05, 0.1) is 43.7 Å². The largest absolute Gasteiger partial charge is 0.480 e. The summed E-state index contributed by atoms with van der Waals surface area (Å²) < 4.78 is 58.9. The van der Waals surface area contributed by atoms with Crippen LogP contribution in [0, 0.1) is 0 Å². The lowest BCUT2D eigenvalue weighted by Gasteiger charge is -2.20. The number of methoxy groups -OCH3 is 2. The third kappa shape index (κ3) is 35.1.